The molecule has 2 aromatic rings. The van der Waals surface area contributed by atoms with Gasteiger partial charge in [0.25, 0.3) is 0 Å². The van der Waals surface area contributed by atoms with Crippen LogP contribution in [0.4, 0.5) is 0 Å². The summed E-state index contributed by atoms with van der Waals surface area (Å²) in [5.74, 6) is 0.686. The maximum absolute atomic E-state index is 5.58. The average molecular weight is 231 g/mol. The van der Waals surface area contributed by atoms with Crippen LogP contribution < -0.4 is 5.73 Å². The van der Waals surface area contributed by atoms with Crippen LogP contribution in [0.25, 0.3) is 0 Å². The first-order chi connectivity index (χ1) is 7.77. The number of thiocarbonyl (C=S) groups is 1. The third-order valence-electron chi connectivity index (χ3n) is 2.42. The lowest BCUT2D eigenvalue weighted by Crippen LogP contribution is -2.17. The first kappa shape index (κ1) is 10.8. The number of rotatable bonds is 4. The first-order valence-electron chi connectivity index (χ1n) is 5.12. The van der Waals surface area contributed by atoms with Crippen molar-refractivity contribution >= 4 is 17.2 Å². The van der Waals surface area contributed by atoms with Gasteiger partial charge in [0.2, 0.25) is 0 Å². The molecule has 1 aromatic carbocycles. The minimum Gasteiger partial charge on any atom is -0.387 e. The molecule has 0 aliphatic carbocycles. The first-order valence-corrected chi connectivity index (χ1v) is 5.53. The molecule has 0 radical (unpaired) electrons. The van der Waals surface area contributed by atoms with Gasteiger partial charge in [-0.1, -0.05) is 42.5 Å². The number of hydrogen-bond acceptors (Lipinski definition) is 2. The Labute approximate surface area is 99.9 Å². The van der Waals surface area contributed by atoms with Crippen LogP contribution in [-0.4, -0.2) is 14.5 Å². The third-order valence-corrected chi connectivity index (χ3v) is 2.60. The second kappa shape index (κ2) is 4.90. The zero-order chi connectivity index (χ0) is 11.4. The molecule has 1 aromatic heterocycles. The van der Waals surface area contributed by atoms with E-state index in [4.69, 9.17) is 18.0 Å². The van der Waals surface area contributed by atoms with Gasteiger partial charge in [-0.15, -0.1) is 0 Å². The SMILES string of the molecule is NC(=S)c1nccn1CCc1ccccc1. The summed E-state index contributed by atoms with van der Waals surface area (Å²) in [4.78, 5) is 4.47. The van der Waals surface area contributed by atoms with Crippen molar-refractivity contribution in [2.75, 3.05) is 0 Å². The fraction of sp³-hybridized carbons (Fsp3) is 0.167. The molecule has 2 rings (SSSR count). The fourth-order valence-electron chi connectivity index (χ4n) is 1.61. The van der Waals surface area contributed by atoms with Crippen molar-refractivity contribution in [3.8, 4) is 0 Å². The Balaban J connectivity index is 2.05. The molecule has 0 aliphatic rings. The number of aromatic nitrogens is 2. The normalized spacial score (nSPS) is 10.2. The van der Waals surface area contributed by atoms with Gasteiger partial charge in [0.15, 0.2) is 5.82 Å². The second-order valence-corrected chi connectivity index (χ2v) is 3.98. The molecular formula is C12H13N3S. The van der Waals surface area contributed by atoms with Crippen LogP contribution >= 0.6 is 12.2 Å². The number of aryl methyl sites for hydroxylation is 2. The standard InChI is InChI=1S/C12H13N3S/c13-11(16)12-14-7-9-15(12)8-6-10-4-2-1-3-5-10/h1-5,7,9H,6,8H2,(H2,13,16). The van der Waals surface area contributed by atoms with Crippen LogP contribution in [0.3, 0.4) is 0 Å². The van der Waals surface area contributed by atoms with Crippen molar-refractivity contribution < 1.29 is 0 Å². The highest BCUT2D eigenvalue weighted by Crippen LogP contribution is 2.04. The van der Waals surface area contributed by atoms with Crippen LogP contribution in [0.5, 0.6) is 0 Å². The number of imidazole rings is 1. The Bertz CT molecular complexity index is 476. The monoisotopic (exact) mass is 231 g/mol. The van der Waals surface area contributed by atoms with Crippen molar-refractivity contribution in [2.24, 2.45) is 5.73 Å². The van der Waals surface area contributed by atoms with Crippen molar-refractivity contribution in [1.82, 2.24) is 9.55 Å². The minimum atomic E-state index is 0.345. The molecule has 4 heteroatoms. The van der Waals surface area contributed by atoms with Gasteiger partial charge in [-0.05, 0) is 12.0 Å². The summed E-state index contributed by atoms with van der Waals surface area (Å²) in [6.45, 7) is 0.844. The highest BCUT2D eigenvalue weighted by molar-refractivity contribution is 7.80. The predicted molar refractivity (Wildman–Crippen MR) is 68.3 cm³/mol. The molecule has 0 saturated heterocycles. The zero-order valence-corrected chi connectivity index (χ0v) is 9.65. The van der Waals surface area contributed by atoms with E-state index in [9.17, 15) is 0 Å². The summed E-state index contributed by atoms with van der Waals surface area (Å²) in [6.07, 6.45) is 4.57. The minimum absolute atomic E-state index is 0.345. The molecule has 16 heavy (non-hydrogen) atoms. The Kier molecular flexibility index (Phi) is 3.31. The van der Waals surface area contributed by atoms with Gasteiger partial charge >= 0.3 is 0 Å². The molecule has 0 saturated carbocycles. The van der Waals surface area contributed by atoms with Gasteiger partial charge in [-0.25, -0.2) is 4.98 Å². The van der Waals surface area contributed by atoms with E-state index in [1.54, 1.807) is 6.20 Å². The Hall–Kier alpha value is -1.68. The van der Waals surface area contributed by atoms with Crippen LogP contribution in [0.15, 0.2) is 42.7 Å². The average Bonchev–Trinajstić information content (AvgIpc) is 2.76. The summed E-state index contributed by atoms with van der Waals surface area (Å²) < 4.78 is 1.98. The number of nitrogens with zero attached hydrogens (tertiary/aromatic N) is 2. The van der Waals surface area contributed by atoms with Crippen molar-refractivity contribution in [1.29, 1.82) is 0 Å². The van der Waals surface area contributed by atoms with Gasteiger partial charge in [0.1, 0.15) is 4.99 Å². The predicted octanol–water partition coefficient (Wildman–Crippen LogP) is 1.76. The Morgan fingerprint density at radius 3 is 2.75 bits per heavy atom. The molecule has 0 aliphatic heterocycles. The largest absolute Gasteiger partial charge is 0.387 e. The lowest BCUT2D eigenvalue weighted by Gasteiger charge is -2.06. The maximum atomic E-state index is 5.58. The summed E-state index contributed by atoms with van der Waals surface area (Å²) in [7, 11) is 0. The smallest absolute Gasteiger partial charge is 0.167 e. The number of benzene rings is 1. The van der Waals surface area contributed by atoms with Gasteiger partial charge in [-0.2, -0.15) is 0 Å². The van der Waals surface area contributed by atoms with Crippen molar-refractivity contribution in [2.45, 2.75) is 13.0 Å². The van der Waals surface area contributed by atoms with E-state index in [0.717, 1.165) is 13.0 Å². The molecule has 2 N–H and O–H groups in total. The summed E-state index contributed by atoms with van der Waals surface area (Å²) in [6, 6.07) is 10.3. The summed E-state index contributed by atoms with van der Waals surface area (Å²) in [5.41, 5.74) is 6.87. The second-order valence-electron chi connectivity index (χ2n) is 3.54. The van der Waals surface area contributed by atoms with Crippen molar-refractivity contribution in [3.05, 3.63) is 54.1 Å². The fourth-order valence-corrected chi connectivity index (χ4v) is 1.78. The van der Waals surface area contributed by atoms with E-state index in [-0.39, 0.29) is 0 Å². The third kappa shape index (κ3) is 2.46. The summed E-state index contributed by atoms with van der Waals surface area (Å²) in [5, 5.41) is 0. The van der Waals surface area contributed by atoms with Gasteiger partial charge in [0, 0.05) is 18.9 Å². The van der Waals surface area contributed by atoms with Crippen LogP contribution in [0, 0.1) is 0 Å². The quantitative estimate of drug-likeness (QED) is 0.815. The molecule has 0 amide bonds. The van der Waals surface area contributed by atoms with Crippen LogP contribution in [0.1, 0.15) is 11.4 Å². The lowest BCUT2D eigenvalue weighted by atomic mass is 10.1. The number of nitrogens with two attached hydrogens (primary N) is 1. The van der Waals surface area contributed by atoms with Gasteiger partial charge in [0.05, 0.1) is 0 Å². The van der Waals surface area contributed by atoms with Gasteiger partial charge in [-0.3, -0.25) is 0 Å². The molecule has 1 heterocycles. The van der Waals surface area contributed by atoms with Crippen LogP contribution in [-0.2, 0) is 13.0 Å². The molecule has 82 valence electrons. The molecule has 0 atom stereocenters. The van der Waals surface area contributed by atoms with Gasteiger partial charge < -0.3 is 10.3 Å². The van der Waals surface area contributed by atoms with E-state index in [0.29, 0.717) is 10.8 Å². The van der Waals surface area contributed by atoms with Crippen LogP contribution in [0.2, 0.25) is 0 Å². The van der Waals surface area contributed by atoms with E-state index in [1.807, 2.05) is 29.0 Å². The van der Waals surface area contributed by atoms with E-state index < -0.39 is 0 Å². The molecule has 3 nitrogen and oxygen atoms in total. The van der Waals surface area contributed by atoms with E-state index in [1.165, 1.54) is 5.56 Å². The molecule has 0 fully saturated rings. The maximum Gasteiger partial charge on any atom is 0.167 e. The molecule has 0 unspecified atom stereocenters. The highest BCUT2D eigenvalue weighted by Gasteiger charge is 2.04. The van der Waals surface area contributed by atoms with E-state index in [2.05, 4.69) is 17.1 Å². The Morgan fingerprint density at radius 1 is 1.31 bits per heavy atom. The lowest BCUT2D eigenvalue weighted by molar-refractivity contribution is 0.690. The molecular weight excluding hydrogens is 218 g/mol. The molecule has 0 bridgehead atoms. The van der Waals surface area contributed by atoms with E-state index >= 15 is 0 Å². The molecule has 0 spiro atoms. The Morgan fingerprint density at radius 2 is 2.06 bits per heavy atom. The highest BCUT2D eigenvalue weighted by atomic mass is 32.1. The number of hydrogen-bond donors (Lipinski definition) is 1. The topological polar surface area (TPSA) is 43.8 Å². The van der Waals surface area contributed by atoms with Crippen molar-refractivity contribution in [3.63, 3.8) is 0 Å². The summed E-state index contributed by atoms with van der Waals surface area (Å²) >= 11 is 4.93. The zero-order valence-electron chi connectivity index (χ0n) is 8.84.